The van der Waals surface area contributed by atoms with E-state index in [0.29, 0.717) is 21.3 Å². The highest BCUT2D eigenvalue weighted by Crippen LogP contribution is 2.45. The first-order valence-electron chi connectivity index (χ1n) is 11.2. The Morgan fingerprint density at radius 3 is 2.22 bits per heavy atom. The van der Waals surface area contributed by atoms with Crippen LogP contribution in [0.1, 0.15) is 28.8 Å². The number of nitrogens with zero attached hydrogens (tertiary/aromatic N) is 2. The van der Waals surface area contributed by atoms with Crippen LogP contribution in [0.3, 0.4) is 0 Å². The average molecular weight is 633 g/mol. The normalized spacial score (nSPS) is 19.9. The van der Waals surface area contributed by atoms with Crippen LogP contribution in [0.15, 0.2) is 91.3 Å². The smallest absolute Gasteiger partial charge is 0.257 e. The summed E-state index contributed by atoms with van der Waals surface area (Å²) in [5.74, 6) is -0.639. The van der Waals surface area contributed by atoms with Crippen molar-refractivity contribution in [2.75, 3.05) is 4.90 Å². The van der Waals surface area contributed by atoms with Crippen LogP contribution in [0, 0.1) is 9.39 Å². The van der Waals surface area contributed by atoms with Gasteiger partial charge in [0.05, 0.1) is 17.9 Å². The molecule has 0 bridgehead atoms. The van der Waals surface area contributed by atoms with Crippen molar-refractivity contribution in [2.45, 2.75) is 24.7 Å². The molecule has 0 saturated carbocycles. The molecule has 1 fully saturated rings. The largest absolute Gasteiger partial charge is 0.358 e. The average Bonchev–Trinajstić information content (AvgIpc) is 2.88. The number of aromatic nitrogens is 1. The molecule has 36 heavy (non-hydrogen) atoms. The fourth-order valence-electron chi connectivity index (χ4n) is 4.44. The third kappa shape index (κ3) is 5.27. The number of anilines is 1. The van der Waals surface area contributed by atoms with E-state index in [4.69, 9.17) is 27.9 Å². The third-order valence-electron chi connectivity index (χ3n) is 6.14. The van der Waals surface area contributed by atoms with E-state index in [0.717, 1.165) is 14.7 Å². The summed E-state index contributed by atoms with van der Waals surface area (Å²) in [6.45, 7) is 0. The topological polar surface area (TPSA) is 42.4 Å². The number of carbonyl (C=O) groups is 1. The predicted octanol–water partition coefficient (Wildman–Crippen LogP) is 7.59. The van der Waals surface area contributed by atoms with Gasteiger partial charge in [0.25, 0.3) is 5.91 Å². The van der Waals surface area contributed by atoms with Crippen LogP contribution < -0.4 is 4.90 Å². The molecule has 182 valence electrons. The fourth-order valence-corrected chi connectivity index (χ4v) is 5.15. The summed E-state index contributed by atoms with van der Waals surface area (Å²) in [7, 11) is 0. The Balaban J connectivity index is 1.64. The van der Waals surface area contributed by atoms with Gasteiger partial charge in [0.15, 0.2) is 0 Å². The fraction of sp³-hybridized carbons (Fsp3) is 0.143. The second-order valence-corrected chi connectivity index (χ2v) is 10.6. The molecule has 5 rings (SSSR count). The first kappa shape index (κ1) is 25.1. The minimum atomic E-state index is -0.913. The Labute approximate surface area is 232 Å². The Morgan fingerprint density at radius 1 is 0.944 bits per heavy atom. The van der Waals surface area contributed by atoms with Crippen molar-refractivity contribution in [2.24, 2.45) is 0 Å². The highest BCUT2D eigenvalue weighted by Gasteiger charge is 2.45. The Morgan fingerprint density at radius 2 is 1.61 bits per heavy atom. The first-order valence-corrected chi connectivity index (χ1v) is 13.1. The SMILES string of the molecule is O=C1[C@H](Cc2ccc(I)cc2F)O[C@@H](c2ccc(Cl)cc2)[C@@H](c2ccc(Cl)cc2)N1c1cccnc1. The Hall–Kier alpha value is -2.52. The molecule has 0 spiro atoms. The summed E-state index contributed by atoms with van der Waals surface area (Å²) in [6, 6.07) is 22.8. The molecule has 2 heterocycles. The lowest BCUT2D eigenvalue weighted by atomic mass is 9.90. The van der Waals surface area contributed by atoms with Crippen LogP contribution in [0.25, 0.3) is 0 Å². The number of halogens is 4. The summed E-state index contributed by atoms with van der Waals surface area (Å²) >= 11 is 14.4. The second kappa shape index (κ2) is 10.8. The highest BCUT2D eigenvalue weighted by atomic mass is 127. The van der Waals surface area contributed by atoms with Gasteiger partial charge in [0, 0.05) is 26.2 Å². The Bertz CT molecular complexity index is 1370. The summed E-state index contributed by atoms with van der Waals surface area (Å²) in [5.41, 5.74) is 2.72. The van der Waals surface area contributed by atoms with E-state index in [2.05, 4.69) is 27.6 Å². The molecule has 0 aliphatic carbocycles. The molecule has 1 saturated heterocycles. The van der Waals surface area contributed by atoms with E-state index in [1.54, 1.807) is 53.7 Å². The number of hydrogen-bond acceptors (Lipinski definition) is 3. The molecular weight excluding hydrogens is 613 g/mol. The molecule has 0 N–H and O–H groups in total. The van der Waals surface area contributed by atoms with Crippen molar-refractivity contribution in [3.8, 4) is 0 Å². The van der Waals surface area contributed by atoms with Crippen molar-refractivity contribution in [1.82, 2.24) is 4.98 Å². The van der Waals surface area contributed by atoms with Gasteiger partial charge in [0.2, 0.25) is 0 Å². The van der Waals surface area contributed by atoms with Crippen molar-refractivity contribution in [3.63, 3.8) is 0 Å². The van der Waals surface area contributed by atoms with Crippen LogP contribution in [-0.2, 0) is 16.0 Å². The quantitative estimate of drug-likeness (QED) is 0.213. The maximum absolute atomic E-state index is 14.8. The van der Waals surface area contributed by atoms with Gasteiger partial charge in [-0.05, 0) is 87.8 Å². The van der Waals surface area contributed by atoms with Crippen molar-refractivity contribution in [3.05, 3.63) is 127 Å². The van der Waals surface area contributed by atoms with Crippen molar-refractivity contribution < 1.29 is 13.9 Å². The third-order valence-corrected chi connectivity index (χ3v) is 7.32. The molecule has 3 atom stereocenters. The lowest BCUT2D eigenvalue weighted by molar-refractivity contribution is -0.145. The van der Waals surface area contributed by atoms with Gasteiger partial charge in [-0.15, -0.1) is 0 Å². The van der Waals surface area contributed by atoms with Crippen LogP contribution >= 0.6 is 45.8 Å². The lowest BCUT2D eigenvalue weighted by Gasteiger charge is -2.44. The standard InChI is InChI=1S/C28H20Cl2FIN2O2/c29-20-8-3-17(4-9-20)26-27(18-5-10-21(30)11-6-18)36-25(14-19-7-12-22(32)15-24(19)31)28(35)34(26)23-2-1-13-33-16-23/h1-13,15-16,25-27H,14H2/t25-,26+,27-/m0/s1. The molecule has 1 amide bonds. The molecule has 4 aromatic rings. The maximum Gasteiger partial charge on any atom is 0.257 e. The van der Waals surface area contributed by atoms with E-state index < -0.39 is 18.2 Å². The zero-order valence-electron chi connectivity index (χ0n) is 18.8. The molecule has 8 heteroatoms. The van der Waals surface area contributed by atoms with Gasteiger partial charge in [-0.3, -0.25) is 14.7 Å². The number of rotatable bonds is 5. The number of pyridine rings is 1. The van der Waals surface area contributed by atoms with Gasteiger partial charge in [0.1, 0.15) is 18.0 Å². The zero-order valence-corrected chi connectivity index (χ0v) is 22.5. The highest BCUT2D eigenvalue weighted by molar-refractivity contribution is 14.1. The number of carbonyl (C=O) groups excluding carboxylic acids is 1. The van der Waals surface area contributed by atoms with Crippen molar-refractivity contribution in [1.29, 1.82) is 0 Å². The summed E-state index contributed by atoms with van der Waals surface area (Å²) < 4.78 is 22.1. The molecule has 1 aliphatic heterocycles. The lowest BCUT2D eigenvalue weighted by Crippen LogP contribution is -2.52. The molecule has 3 aromatic carbocycles. The van der Waals surface area contributed by atoms with Crippen LogP contribution in [0.4, 0.5) is 10.1 Å². The van der Waals surface area contributed by atoms with Gasteiger partial charge >= 0.3 is 0 Å². The van der Waals surface area contributed by atoms with E-state index in [-0.39, 0.29) is 18.1 Å². The molecule has 0 unspecified atom stereocenters. The van der Waals surface area contributed by atoms with E-state index >= 15 is 0 Å². The molecule has 0 radical (unpaired) electrons. The number of hydrogen-bond donors (Lipinski definition) is 0. The first-order chi connectivity index (χ1) is 17.4. The van der Waals surface area contributed by atoms with Crippen LogP contribution in [-0.4, -0.2) is 17.0 Å². The van der Waals surface area contributed by atoms with Crippen LogP contribution in [0.2, 0.25) is 10.0 Å². The minimum absolute atomic E-state index is 0.0930. The van der Waals surface area contributed by atoms with E-state index in [1.165, 1.54) is 6.07 Å². The second-order valence-electron chi connectivity index (χ2n) is 8.45. The Kier molecular flexibility index (Phi) is 7.57. The predicted molar refractivity (Wildman–Crippen MR) is 148 cm³/mol. The van der Waals surface area contributed by atoms with Gasteiger partial charge < -0.3 is 4.74 Å². The van der Waals surface area contributed by atoms with Crippen LogP contribution in [0.5, 0.6) is 0 Å². The summed E-state index contributed by atoms with van der Waals surface area (Å²) in [4.78, 5) is 19.9. The summed E-state index contributed by atoms with van der Waals surface area (Å²) in [6.07, 6.45) is 1.92. The monoisotopic (exact) mass is 632 g/mol. The van der Waals surface area contributed by atoms with Gasteiger partial charge in [-0.2, -0.15) is 0 Å². The van der Waals surface area contributed by atoms with E-state index in [9.17, 15) is 9.18 Å². The van der Waals surface area contributed by atoms with Gasteiger partial charge in [-0.1, -0.05) is 53.5 Å². The number of amides is 1. The molecular formula is C28H20Cl2FIN2O2. The summed E-state index contributed by atoms with van der Waals surface area (Å²) in [5, 5.41) is 1.18. The maximum atomic E-state index is 14.8. The minimum Gasteiger partial charge on any atom is -0.358 e. The number of ether oxygens (including phenoxy) is 1. The number of morpholine rings is 1. The molecule has 1 aromatic heterocycles. The van der Waals surface area contributed by atoms with Crippen molar-refractivity contribution >= 4 is 57.4 Å². The van der Waals surface area contributed by atoms with Gasteiger partial charge in [-0.25, -0.2) is 4.39 Å². The molecule has 4 nitrogen and oxygen atoms in total. The molecule has 1 aliphatic rings. The zero-order chi connectivity index (χ0) is 25.2. The number of benzene rings is 3. The van der Waals surface area contributed by atoms with E-state index in [1.807, 2.05) is 36.4 Å².